The molecule has 1 aliphatic heterocycles. The van der Waals surface area contributed by atoms with Gasteiger partial charge in [-0.3, -0.25) is 15.0 Å². The van der Waals surface area contributed by atoms with E-state index in [1.54, 1.807) is 24.4 Å². The first kappa shape index (κ1) is 25.9. The average molecular weight is 536 g/mol. The van der Waals surface area contributed by atoms with E-state index in [1.165, 1.54) is 31.4 Å². The number of likely N-dealkylation sites (tertiary alicyclic amines) is 1. The maximum Gasteiger partial charge on any atom is 0.127 e. The van der Waals surface area contributed by atoms with Crippen LogP contribution in [0.2, 0.25) is 0 Å². The Morgan fingerprint density at radius 1 is 0.950 bits per heavy atom. The van der Waals surface area contributed by atoms with Gasteiger partial charge in [0, 0.05) is 17.5 Å². The lowest BCUT2D eigenvalue weighted by Gasteiger charge is -2.26. The third-order valence-corrected chi connectivity index (χ3v) is 7.62. The van der Waals surface area contributed by atoms with Gasteiger partial charge in [0.1, 0.15) is 17.3 Å². The molecule has 0 unspecified atom stereocenters. The van der Waals surface area contributed by atoms with E-state index < -0.39 is 0 Å². The molecule has 1 aliphatic rings. The summed E-state index contributed by atoms with van der Waals surface area (Å²) in [5.41, 5.74) is 7.96. The van der Waals surface area contributed by atoms with Crippen molar-refractivity contribution >= 4 is 22.3 Å². The lowest BCUT2D eigenvalue weighted by Crippen LogP contribution is -2.29. The van der Waals surface area contributed by atoms with Crippen molar-refractivity contribution in [2.24, 2.45) is 0 Å². The summed E-state index contributed by atoms with van der Waals surface area (Å²) in [5, 5.41) is 11.8. The van der Waals surface area contributed by atoms with Gasteiger partial charge in [0.25, 0.3) is 0 Å². The van der Waals surface area contributed by atoms with E-state index in [2.05, 4.69) is 38.0 Å². The minimum Gasteiger partial charge on any atom is -0.353 e. The van der Waals surface area contributed by atoms with Gasteiger partial charge in [0.2, 0.25) is 0 Å². The highest BCUT2D eigenvalue weighted by Crippen LogP contribution is 2.32. The van der Waals surface area contributed by atoms with E-state index in [0.29, 0.717) is 17.0 Å². The number of aromatic amines is 1. The summed E-state index contributed by atoms with van der Waals surface area (Å²) in [6.07, 6.45) is 5.39. The number of nitrogens with one attached hydrogen (secondary N) is 2. The first-order valence-electron chi connectivity index (χ1n) is 13.6. The summed E-state index contributed by atoms with van der Waals surface area (Å²) in [7, 11) is 0. The summed E-state index contributed by atoms with van der Waals surface area (Å²) < 4.78 is 28.3. The quantitative estimate of drug-likeness (QED) is 0.222. The minimum atomic E-state index is -0.279. The van der Waals surface area contributed by atoms with Crippen molar-refractivity contribution in [2.45, 2.75) is 32.7 Å². The van der Waals surface area contributed by atoms with Crippen LogP contribution in [0.3, 0.4) is 0 Å². The molecule has 5 aromatic rings. The molecule has 3 aromatic carbocycles. The summed E-state index contributed by atoms with van der Waals surface area (Å²) in [6, 6.07) is 19.8. The van der Waals surface area contributed by atoms with E-state index in [0.717, 1.165) is 64.2 Å². The van der Waals surface area contributed by atoms with Gasteiger partial charge in [0.05, 0.1) is 28.8 Å². The van der Waals surface area contributed by atoms with E-state index in [1.807, 2.05) is 37.3 Å². The van der Waals surface area contributed by atoms with Crippen molar-refractivity contribution in [3.05, 3.63) is 108 Å². The molecule has 6 rings (SSSR count). The molecule has 0 aliphatic carbocycles. The minimum absolute atomic E-state index is 0.181. The molecular weight excluding hydrogens is 504 g/mol. The molecule has 5 nitrogen and oxygen atoms in total. The Labute approximate surface area is 232 Å². The van der Waals surface area contributed by atoms with Crippen LogP contribution in [0.25, 0.3) is 39.0 Å². The SMILES string of the molecule is C=C(Nc1ccc(-c2ccc(F)cc2)nc1)c1n[nH]c2ccc(-c3cc(CN4CCCCC4)cc(F)c3C)cc12. The maximum absolute atomic E-state index is 15.1. The van der Waals surface area contributed by atoms with Crippen molar-refractivity contribution < 1.29 is 8.78 Å². The molecular formula is C33H31F2N5. The molecule has 1 saturated heterocycles. The topological polar surface area (TPSA) is 56.8 Å². The van der Waals surface area contributed by atoms with Crippen molar-refractivity contribution in [3.63, 3.8) is 0 Å². The molecule has 0 spiro atoms. The van der Waals surface area contributed by atoms with Gasteiger partial charge in [0.15, 0.2) is 0 Å². The fraction of sp³-hybridized carbons (Fsp3) is 0.212. The Morgan fingerprint density at radius 3 is 2.48 bits per heavy atom. The zero-order valence-corrected chi connectivity index (χ0v) is 22.5. The highest BCUT2D eigenvalue weighted by molar-refractivity contribution is 5.95. The number of pyridine rings is 1. The Hall–Kier alpha value is -4.36. The number of aromatic nitrogens is 3. The van der Waals surface area contributed by atoms with Crippen LogP contribution in [0.1, 0.15) is 36.1 Å². The number of anilines is 1. The zero-order chi connectivity index (χ0) is 27.6. The van der Waals surface area contributed by atoms with Crippen LogP contribution in [0.4, 0.5) is 14.5 Å². The van der Waals surface area contributed by atoms with Crippen molar-refractivity contribution in [2.75, 3.05) is 18.4 Å². The standard InChI is InChI=1S/C33H31F2N5/c1-21-28(16-23(17-30(21)35)20-40-14-4-3-5-15-40)25-8-12-32-29(18-25)33(39-38-32)22(2)37-27-11-13-31(36-19-27)24-6-9-26(34)10-7-24/h6-13,16-19,37H,2-5,14-15,20H2,1H3,(H,38,39). The number of hydrogen-bond donors (Lipinski definition) is 2. The number of halogens is 2. The number of nitrogens with zero attached hydrogens (tertiary/aromatic N) is 3. The number of fused-ring (bicyclic) bond motifs is 1. The third kappa shape index (κ3) is 5.38. The first-order valence-corrected chi connectivity index (χ1v) is 13.6. The van der Waals surface area contributed by atoms with Gasteiger partial charge in [-0.1, -0.05) is 19.1 Å². The van der Waals surface area contributed by atoms with Crippen molar-refractivity contribution in [1.82, 2.24) is 20.1 Å². The fourth-order valence-corrected chi connectivity index (χ4v) is 5.41. The monoisotopic (exact) mass is 535 g/mol. The molecule has 7 heteroatoms. The van der Waals surface area contributed by atoms with Gasteiger partial charge < -0.3 is 5.32 Å². The van der Waals surface area contributed by atoms with E-state index in [-0.39, 0.29) is 11.6 Å². The lowest BCUT2D eigenvalue weighted by molar-refractivity contribution is 0.220. The summed E-state index contributed by atoms with van der Waals surface area (Å²) >= 11 is 0. The van der Waals surface area contributed by atoms with Gasteiger partial charge in [-0.05, 0) is 116 Å². The van der Waals surface area contributed by atoms with Gasteiger partial charge in [-0.15, -0.1) is 0 Å². The number of benzene rings is 3. The van der Waals surface area contributed by atoms with Crippen LogP contribution < -0.4 is 5.32 Å². The predicted octanol–water partition coefficient (Wildman–Crippen LogP) is 7.95. The second-order valence-corrected chi connectivity index (χ2v) is 10.5. The van der Waals surface area contributed by atoms with Crippen LogP contribution in [0.5, 0.6) is 0 Å². The largest absolute Gasteiger partial charge is 0.353 e. The fourth-order valence-electron chi connectivity index (χ4n) is 5.41. The summed E-state index contributed by atoms with van der Waals surface area (Å²) in [5.74, 6) is -0.460. The second kappa shape index (κ2) is 11.0. The number of rotatable bonds is 7. The molecule has 0 radical (unpaired) electrons. The Balaban J connectivity index is 1.25. The zero-order valence-electron chi connectivity index (χ0n) is 22.5. The van der Waals surface area contributed by atoms with Crippen LogP contribution in [-0.2, 0) is 6.54 Å². The van der Waals surface area contributed by atoms with E-state index >= 15 is 4.39 Å². The first-order chi connectivity index (χ1) is 19.4. The Morgan fingerprint density at radius 2 is 1.73 bits per heavy atom. The van der Waals surface area contributed by atoms with Crippen LogP contribution >= 0.6 is 0 Å². The summed E-state index contributed by atoms with van der Waals surface area (Å²) in [4.78, 5) is 6.91. The predicted molar refractivity (Wildman–Crippen MR) is 158 cm³/mol. The summed E-state index contributed by atoms with van der Waals surface area (Å²) in [6.45, 7) is 8.94. The highest BCUT2D eigenvalue weighted by Gasteiger charge is 2.16. The molecule has 0 atom stereocenters. The van der Waals surface area contributed by atoms with Gasteiger partial charge >= 0.3 is 0 Å². The average Bonchev–Trinajstić information content (AvgIpc) is 3.40. The lowest BCUT2D eigenvalue weighted by atomic mass is 9.95. The second-order valence-electron chi connectivity index (χ2n) is 10.5. The smallest absolute Gasteiger partial charge is 0.127 e. The molecule has 40 heavy (non-hydrogen) atoms. The van der Waals surface area contributed by atoms with Crippen molar-refractivity contribution in [1.29, 1.82) is 0 Å². The van der Waals surface area contributed by atoms with E-state index in [9.17, 15) is 4.39 Å². The number of H-pyrrole nitrogens is 1. The molecule has 2 N–H and O–H groups in total. The Bertz CT molecular complexity index is 1670. The van der Waals surface area contributed by atoms with E-state index in [4.69, 9.17) is 0 Å². The van der Waals surface area contributed by atoms with Crippen molar-refractivity contribution in [3.8, 4) is 22.4 Å². The normalized spacial score (nSPS) is 14.0. The van der Waals surface area contributed by atoms with Crippen LogP contribution in [-0.4, -0.2) is 33.2 Å². The molecule has 3 heterocycles. The molecule has 0 bridgehead atoms. The molecule has 0 saturated carbocycles. The Kier molecular flexibility index (Phi) is 7.13. The molecule has 1 fully saturated rings. The number of hydrogen-bond acceptors (Lipinski definition) is 4. The highest BCUT2D eigenvalue weighted by atomic mass is 19.1. The third-order valence-electron chi connectivity index (χ3n) is 7.62. The molecule has 202 valence electrons. The van der Waals surface area contributed by atoms with Crippen LogP contribution in [0, 0.1) is 18.6 Å². The maximum atomic E-state index is 15.1. The van der Waals surface area contributed by atoms with Gasteiger partial charge in [-0.25, -0.2) is 8.78 Å². The number of piperidine rings is 1. The van der Waals surface area contributed by atoms with Gasteiger partial charge in [-0.2, -0.15) is 5.10 Å². The van der Waals surface area contributed by atoms with Crippen LogP contribution in [0.15, 0.2) is 79.5 Å². The molecule has 0 amide bonds. The molecule has 2 aromatic heterocycles.